The van der Waals surface area contributed by atoms with Gasteiger partial charge in [-0.1, -0.05) is 42.8 Å². The molecule has 0 unspecified atom stereocenters. The van der Waals surface area contributed by atoms with Crippen molar-refractivity contribution < 1.29 is 4.79 Å². The minimum Gasteiger partial charge on any atom is -0.292 e. The van der Waals surface area contributed by atoms with E-state index in [0.717, 1.165) is 24.1 Å². The SMILES string of the molecule is O=C(c1cccs1)C1(c2ccccc2)CCC1. The van der Waals surface area contributed by atoms with E-state index >= 15 is 0 Å². The van der Waals surface area contributed by atoms with E-state index in [0.29, 0.717) is 5.78 Å². The standard InChI is InChI=1S/C15H14OS/c16-14(13-8-4-11-17-13)15(9-5-10-15)12-6-2-1-3-7-12/h1-4,6-8,11H,5,9-10H2. The first-order chi connectivity index (χ1) is 8.33. The minimum atomic E-state index is -0.230. The molecular formula is C15H14OS. The number of carbonyl (C=O) groups is 1. The number of carbonyl (C=O) groups excluding carboxylic acids is 1. The van der Waals surface area contributed by atoms with Gasteiger partial charge in [0.1, 0.15) is 0 Å². The molecule has 1 saturated carbocycles. The Kier molecular flexibility index (Phi) is 2.60. The van der Waals surface area contributed by atoms with Crippen molar-refractivity contribution in [1.29, 1.82) is 0 Å². The Morgan fingerprint density at radius 3 is 2.35 bits per heavy atom. The molecular weight excluding hydrogens is 228 g/mol. The number of Topliss-reactive ketones (excluding diaryl/α,β-unsaturated/α-hetero) is 1. The topological polar surface area (TPSA) is 17.1 Å². The summed E-state index contributed by atoms with van der Waals surface area (Å²) in [5.41, 5.74) is 0.955. The summed E-state index contributed by atoms with van der Waals surface area (Å²) in [6.45, 7) is 0. The van der Waals surface area contributed by atoms with Crippen LogP contribution in [0.15, 0.2) is 47.8 Å². The number of benzene rings is 1. The number of hydrogen-bond donors (Lipinski definition) is 0. The summed E-state index contributed by atoms with van der Waals surface area (Å²) in [6, 6.07) is 14.1. The highest BCUT2D eigenvalue weighted by Crippen LogP contribution is 2.46. The predicted octanol–water partition coefficient (Wildman–Crippen LogP) is 4.05. The normalized spacial score (nSPS) is 17.4. The molecule has 1 aliphatic rings. The predicted molar refractivity (Wildman–Crippen MR) is 70.6 cm³/mol. The van der Waals surface area contributed by atoms with Gasteiger partial charge in [-0.25, -0.2) is 0 Å². The lowest BCUT2D eigenvalue weighted by Crippen LogP contribution is -2.42. The summed E-state index contributed by atoms with van der Waals surface area (Å²) >= 11 is 1.55. The van der Waals surface area contributed by atoms with Crippen molar-refractivity contribution >= 4 is 17.1 Å². The van der Waals surface area contributed by atoms with Crippen LogP contribution in [0, 0.1) is 0 Å². The molecule has 17 heavy (non-hydrogen) atoms. The fourth-order valence-corrected chi connectivity index (χ4v) is 3.34. The molecule has 0 radical (unpaired) electrons. The van der Waals surface area contributed by atoms with E-state index in [1.165, 1.54) is 5.56 Å². The maximum Gasteiger partial charge on any atom is 0.183 e. The first kappa shape index (κ1) is 10.7. The highest BCUT2D eigenvalue weighted by atomic mass is 32.1. The molecule has 0 spiro atoms. The monoisotopic (exact) mass is 242 g/mol. The number of rotatable bonds is 3. The molecule has 86 valence electrons. The fraction of sp³-hybridized carbons (Fsp3) is 0.267. The van der Waals surface area contributed by atoms with Gasteiger partial charge in [-0.2, -0.15) is 0 Å². The van der Waals surface area contributed by atoms with E-state index in [9.17, 15) is 4.79 Å². The molecule has 1 aromatic heterocycles. The Hall–Kier alpha value is -1.41. The molecule has 0 bridgehead atoms. The third kappa shape index (κ3) is 1.64. The van der Waals surface area contributed by atoms with Crippen LogP contribution < -0.4 is 0 Å². The molecule has 0 amide bonds. The van der Waals surface area contributed by atoms with Crippen molar-refractivity contribution in [2.24, 2.45) is 0 Å². The van der Waals surface area contributed by atoms with Crippen molar-refractivity contribution in [1.82, 2.24) is 0 Å². The molecule has 0 N–H and O–H groups in total. The maximum atomic E-state index is 12.6. The maximum absolute atomic E-state index is 12.6. The summed E-state index contributed by atoms with van der Waals surface area (Å²) in [7, 11) is 0. The van der Waals surface area contributed by atoms with Crippen LogP contribution in [0.2, 0.25) is 0 Å². The lowest BCUT2D eigenvalue weighted by atomic mass is 9.61. The van der Waals surface area contributed by atoms with Crippen LogP contribution in [0.5, 0.6) is 0 Å². The van der Waals surface area contributed by atoms with E-state index in [1.807, 2.05) is 35.7 Å². The van der Waals surface area contributed by atoms with Gasteiger partial charge in [-0.05, 0) is 29.9 Å². The lowest BCUT2D eigenvalue weighted by molar-refractivity contribution is 0.0793. The van der Waals surface area contributed by atoms with Crippen LogP contribution in [-0.4, -0.2) is 5.78 Å². The van der Waals surface area contributed by atoms with Crippen LogP contribution in [0.1, 0.15) is 34.5 Å². The Balaban J connectivity index is 2.01. The van der Waals surface area contributed by atoms with Crippen molar-refractivity contribution in [2.45, 2.75) is 24.7 Å². The molecule has 0 aliphatic heterocycles. The summed E-state index contributed by atoms with van der Waals surface area (Å²) in [6.07, 6.45) is 3.15. The second-order valence-corrected chi connectivity index (χ2v) is 5.56. The van der Waals surface area contributed by atoms with E-state index < -0.39 is 0 Å². The van der Waals surface area contributed by atoms with Gasteiger partial charge in [0.15, 0.2) is 5.78 Å². The van der Waals surface area contributed by atoms with Gasteiger partial charge >= 0.3 is 0 Å². The molecule has 1 fully saturated rings. The average molecular weight is 242 g/mol. The zero-order chi connectivity index (χ0) is 11.7. The van der Waals surface area contributed by atoms with E-state index in [-0.39, 0.29) is 5.41 Å². The minimum absolute atomic E-state index is 0.230. The van der Waals surface area contributed by atoms with Gasteiger partial charge in [0, 0.05) is 0 Å². The number of hydrogen-bond acceptors (Lipinski definition) is 2. The Bertz CT molecular complexity index is 509. The molecule has 2 aromatic rings. The fourth-order valence-electron chi connectivity index (χ4n) is 2.58. The average Bonchev–Trinajstić information content (AvgIpc) is 2.82. The largest absolute Gasteiger partial charge is 0.292 e. The van der Waals surface area contributed by atoms with Crippen LogP contribution >= 0.6 is 11.3 Å². The second kappa shape index (κ2) is 4.11. The van der Waals surface area contributed by atoms with Gasteiger partial charge in [-0.15, -0.1) is 11.3 Å². The summed E-state index contributed by atoms with van der Waals surface area (Å²) < 4.78 is 0. The molecule has 1 nitrogen and oxygen atoms in total. The highest BCUT2D eigenvalue weighted by Gasteiger charge is 2.45. The second-order valence-electron chi connectivity index (χ2n) is 4.61. The third-order valence-electron chi connectivity index (χ3n) is 3.71. The van der Waals surface area contributed by atoms with Gasteiger partial charge in [0.2, 0.25) is 0 Å². The first-order valence-corrected chi connectivity index (χ1v) is 6.85. The number of ketones is 1. The molecule has 1 aliphatic carbocycles. The molecule has 0 atom stereocenters. The van der Waals surface area contributed by atoms with Crippen molar-refractivity contribution in [3.05, 3.63) is 58.3 Å². The summed E-state index contributed by atoms with van der Waals surface area (Å²) in [4.78, 5) is 13.5. The van der Waals surface area contributed by atoms with Gasteiger partial charge in [0.25, 0.3) is 0 Å². The summed E-state index contributed by atoms with van der Waals surface area (Å²) in [5.74, 6) is 0.310. The highest BCUT2D eigenvalue weighted by molar-refractivity contribution is 7.12. The Morgan fingerprint density at radius 2 is 1.82 bits per heavy atom. The Morgan fingerprint density at radius 1 is 1.06 bits per heavy atom. The number of thiophene rings is 1. The molecule has 2 heteroatoms. The van der Waals surface area contributed by atoms with Gasteiger partial charge in [-0.3, -0.25) is 4.79 Å². The van der Waals surface area contributed by atoms with Crippen LogP contribution in [0.3, 0.4) is 0 Å². The zero-order valence-electron chi connectivity index (χ0n) is 9.56. The summed E-state index contributed by atoms with van der Waals surface area (Å²) in [5, 5.41) is 1.98. The van der Waals surface area contributed by atoms with Crippen LogP contribution in [0.4, 0.5) is 0 Å². The van der Waals surface area contributed by atoms with E-state index in [2.05, 4.69) is 12.1 Å². The quantitative estimate of drug-likeness (QED) is 0.742. The van der Waals surface area contributed by atoms with Gasteiger partial charge in [0.05, 0.1) is 10.3 Å². The molecule has 3 rings (SSSR count). The lowest BCUT2D eigenvalue weighted by Gasteiger charge is -2.40. The smallest absolute Gasteiger partial charge is 0.183 e. The van der Waals surface area contributed by atoms with E-state index in [1.54, 1.807) is 11.3 Å². The third-order valence-corrected chi connectivity index (χ3v) is 4.58. The van der Waals surface area contributed by atoms with Crippen molar-refractivity contribution in [2.75, 3.05) is 0 Å². The first-order valence-electron chi connectivity index (χ1n) is 5.97. The van der Waals surface area contributed by atoms with Crippen molar-refractivity contribution in [3.8, 4) is 0 Å². The van der Waals surface area contributed by atoms with Crippen LogP contribution in [0.25, 0.3) is 0 Å². The van der Waals surface area contributed by atoms with Crippen molar-refractivity contribution in [3.63, 3.8) is 0 Å². The molecule has 0 saturated heterocycles. The molecule has 1 heterocycles. The zero-order valence-corrected chi connectivity index (χ0v) is 10.4. The van der Waals surface area contributed by atoms with Crippen LogP contribution in [-0.2, 0) is 5.41 Å². The molecule has 1 aromatic carbocycles. The van der Waals surface area contributed by atoms with E-state index in [4.69, 9.17) is 0 Å². The van der Waals surface area contributed by atoms with Gasteiger partial charge < -0.3 is 0 Å². The Labute approximate surface area is 105 Å².